The van der Waals surface area contributed by atoms with Gasteiger partial charge in [-0.2, -0.15) is 5.26 Å². The van der Waals surface area contributed by atoms with Crippen LogP contribution in [0.2, 0.25) is 0 Å². The van der Waals surface area contributed by atoms with Crippen molar-refractivity contribution in [3.05, 3.63) is 83.2 Å². The number of carboxylic acid groups (broad SMARTS) is 1. The summed E-state index contributed by atoms with van der Waals surface area (Å²) in [4.78, 5) is 32.6. The molecule has 7 nitrogen and oxygen atoms in total. The summed E-state index contributed by atoms with van der Waals surface area (Å²) < 4.78 is 0. The molecule has 162 valence electrons. The van der Waals surface area contributed by atoms with E-state index in [4.69, 9.17) is 5.26 Å². The van der Waals surface area contributed by atoms with Gasteiger partial charge >= 0.3 is 5.97 Å². The molecule has 0 aliphatic heterocycles. The highest BCUT2D eigenvalue weighted by molar-refractivity contribution is 5.96. The van der Waals surface area contributed by atoms with Gasteiger partial charge in [-0.25, -0.2) is 14.8 Å². The lowest BCUT2D eigenvalue weighted by Gasteiger charge is -2.19. The smallest absolute Gasteiger partial charge is 0.326 e. The van der Waals surface area contributed by atoms with Gasteiger partial charge < -0.3 is 10.4 Å². The van der Waals surface area contributed by atoms with Crippen molar-refractivity contribution in [3.63, 3.8) is 0 Å². The second kappa shape index (κ2) is 9.40. The SMILES string of the molecule is CC(C)(C)c1ccc(C(=O)NC(Cc2ccc(-c3ncc(C#N)cn3)cc2)C(=O)O)cc1. The highest BCUT2D eigenvalue weighted by Crippen LogP contribution is 2.22. The summed E-state index contributed by atoms with van der Waals surface area (Å²) in [6.45, 7) is 6.25. The first-order chi connectivity index (χ1) is 15.2. The lowest BCUT2D eigenvalue weighted by molar-refractivity contribution is -0.139. The third-order valence-corrected chi connectivity index (χ3v) is 5.05. The third-order valence-electron chi connectivity index (χ3n) is 5.05. The van der Waals surface area contributed by atoms with Crippen LogP contribution < -0.4 is 5.32 Å². The van der Waals surface area contributed by atoms with Gasteiger partial charge in [0.1, 0.15) is 12.1 Å². The molecule has 1 amide bonds. The molecule has 0 saturated carbocycles. The fraction of sp³-hybridized carbons (Fsp3) is 0.240. The number of rotatable bonds is 6. The fourth-order valence-corrected chi connectivity index (χ4v) is 3.12. The summed E-state index contributed by atoms with van der Waals surface area (Å²) in [5.41, 5.74) is 3.34. The fourth-order valence-electron chi connectivity index (χ4n) is 3.12. The first-order valence-electron chi connectivity index (χ1n) is 10.1. The van der Waals surface area contributed by atoms with Crippen LogP contribution in [0.3, 0.4) is 0 Å². The molecule has 3 rings (SSSR count). The maximum atomic E-state index is 12.6. The summed E-state index contributed by atoms with van der Waals surface area (Å²) in [6.07, 6.45) is 3.02. The van der Waals surface area contributed by atoms with Crippen molar-refractivity contribution in [2.45, 2.75) is 38.6 Å². The van der Waals surface area contributed by atoms with Crippen molar-refractivity contribution in [2.75, 3.05) is 0 Å². The zero-order valence-electron chi connectivity index (χ0n) is 18.2. The molecule has 0 aliphatic carbocycles. The minimum atomic E-state index is -1.11. The number of nitriles is 1. The predicted octanol–water partition coefficient (Wildman–Crippen LogP) is 3.74. The van der Waals surface area contributed by atoms with Crippen LogP contribution >= 0.6 is 0 Å². The molecule has 0 fully saturated rings. The van der Waals surface area contributed by atoms with Crippen LogP contribution in [-0.2, 0) is 16.6 Å². The summed E-state index contributed by atoms with van der Waals surface area (Å²) in [6, 6.07) is 15.2. The van der Waals surface area contributed by atoms with E-state index in [0.717, 1.165) is 16.7 Å². The molecule has 1 unspecified atom stereocenters. The largest absolute Gasteiger partial charge is 0.480 e. The van der Waals surface area contributed by atoms with E-state index in [1.165, 1.54) is 12.4 Å². The Bertz CT molecular complexity index is 1140. The van der Waals surface area contributed by atoms with Gasteiger partial charge in [0, 0.05) is 29.9 Å². The monoisotopic (exact) mass is 428 g/mol. The number of hydrogen-bond donors (Lipinski definition) is 2. The van der Waals surface area contributed by atoms with Crippen molar-refractivity contribution >= 4 is 11.9 Å². The maximum absolute atomic E-state index is 12.6. The Labute approximate surface area is 186 Å². The van der Waals surface area contributed by atoms with E-state index in [9.17, 15) is 14.7 Å². The number of aromatic nitrogens is 2. The molecule has 1 heterocycles. The average molecular weight is 428 g/mol. The van der Waals surface area contributed by atoms with E-state index in [0.29, 0.717) is 17.0 Å². The molecule has 0 radical (unpaired) electrons. The minimum Gasteiger partial charge on any atom is -0.480 e. The summed E-state index contributed by atoms with van der Waals surface area (Å²) in [5.74, 6) is -1.07. The van der Waals surface area contributed by atoms with Gasteiger partial charge in [-0.15, -0.1) is 0 Å². The zero-order valence-corrected chi connectivity index (χ0v) is 18.2. The van der Waals surface area contributed by atoms with Gasteiger partial charge in [0.05, 0.1) is 5.56 Å². The van der Waals surface area contributed by atoms with Gasteiger partial charge in [0.25, 0.3) is 5.91 Å². The molecule has 7 heteroatoms. The minimum absolute atomic E-state index is 0.0342. The van der Waals surface area contributed by atoms with Gasteiger partial charge in [-0.1, -0.05) is 57.2 Å². The number of nitrogens with one attached hydrogen (secondary N) is 1. The van der Waals surface area contributed by atoms with Gasteiger partial charge in [0.15, 0.2) is 5.82 Å². The van der Waals surface area contributed by atoms with E-state index in [2.05, 4.69) is 36.1 Å². The summed E-state index contributed by atoms with van der Waals surface area (Å²) in [7, 11) is 0. The van der Waals surface area contributed by atoms with Crippen LogP contribution in [0.5, 0.6) is 0 Å². The number of aliphatic carboxylic acids is 1. The van der Waals surface area contributed by atoms with Crippen LogP contribution in [0, 0.1) is 11.3 Å². The number of carboxylic acids is 1. The van der Waals surface area contributed by atoms with Crippen molar-refractivity contribution in [1.29, 1.82) is 5.26 Å². The molecule has 0 bridgehead atoms. The Morgan fingerprint density at radius 1 is 1.03 bits per heavy atom. The second-order valence-corrected chi connectivity index (χ2v) is 8.50. The van der Waals surface area contributed by atoms with Crippen molar-refractivity contribution in [2.24, 2.45) is 0 Å². The number of carbonyl (C=O) groups is 2. The quantitative estimate of drug-likeness (QED) is 0.618. The normalized spacial score (nSPS) is 11.9. The number of hydrogen-bond acceptors (Lipinski definition) is 5. The average Bonchev–Trinajstić information content (AvgIpc) is 2.78. The Kier molecular flexibility index (Phi) is 6.64. The molecule has 1 aromatic heterocycles. The first kappa shape index (κ1) is 22.6. The third kappa shape index (κ3) is 5.55. The predicted molar refractivity (Wildman–Crippen MR) is 120 cm³/mol. The number of nitrogens with zero attached hydrogens (tertiary/aromatic N) is 3. The van der Waals surface area contributed by atoms with E-state index in [1.54, 1.807) is 36.4 Å². The van der Waals surface area contributed by atoms with Crippen LogP contribution in [0.4, 0.5) is 0 Å². The Balaban J connectivity index is 1.69. The Morgan fingerprint density at radius 3 is 2.12 bits per heavy atom. The topological polar surface area (TPSA) is 116 Å². The van der Waals surface area contributed by atoms with Crippen molar-refractivity contribution < 1.29 is 14.7 Å². The van der Waals surface area contributed by atoms with Crippen LogP contribution in [0.1, 0.15) is 47.8 Å². The van der Waals surface area contributed by atoms with E-state index >= 15 is 0 Å². The zero-order chi connectivity index (χ0) is 23.3. The molecular formula is C25H24N4O3. The van der Waals surface area contributed by atoms with Crippen molar-refractivity contribution in [1.82, 2.24) is 15.3 Å². The van der Waals surface area contributed by atoms with E-state index in [1.807, 2.05) is 18.2 Å². The van der Waals surface area contributed by atoms with Gasteiger partial charge in [-0.3, -0.25) is 4.79 Å². The molecule has 3 aromatic rings. The summed E-state index contributed by atoms with van der Waals surface area (Å²) in [5, 5.41) is 21.0. The molecule has 1 atom stereocenters. The van der Waals surface area contributed by atoms with Gasteiger partial charge in [0.2, 0.25) is 0 Å². The molecular weight excluding hydrogens is 404 g/mol. The van der Waals surface area contributed by atoms with Crippen molar-refractivity contribution in [3.8, 4) is 17.5 Å². The Hall–Kier alpha value is -4.05. The molecule has 2 N–H and O–H groups in total. The molecule has 0 saturated heterocycles. The molecule has 0 aliphatic rings. The molecule has 2 aromatic carbocycles. The molecule has 32 heavy (non-hydrogen) atoms. The van der Waals surface area contributed by atoms with Crippen LogP contribution in [0.25, 0.3) is 11.4 Å². The van der Waals surface area contributed by atoms with E-state index < -0.39 is 17.9 Å². The van der Waals surface area contributed by atoms with Gasteiger partial charge in [-0.05, 0) is 28.7 Å². The molecule has 0 spiro atoms. The lowest BCUT2D eigenvalue weighted by Crippen LogP contribution is -2.42. The standard InChI is InChI=1S/C25H24N4O3/c1-25(2,3)20-10-8-19(9-11-20)23(30)29-21(24(31)32)12-16-4-6-18(7-5-16)22-27-14-17(13-26)15-28-22/h4-11,14-15,21H,12H2,1-3H3,(H,29,30)(H,31,32). The lowest BCUT2D eigenvalue weighted by atomic mass is 9.86. The van der Waals surface area contributed by atoms with Crippen LogP contribution in [0.15, 0.2) is 60.9 Å². The maximum Gasteiger partial charge on any atom is 0.326 e. The van der Waals surface area contributed by atoms with E-state index in [-0.39, 0.29) is 11.8 Å². The highest BCUT2D eigenvalue weighted by atomic mass is 16.4. The number of benzene rings is 2. The summed E-state index contributed by atoms with van der Waals surface area (Å²) >= 11 is 0. The van der Waals surface area contributed by atoms with Crippen LogP contribution in [-0.4, -0.2) is 33.0 Å². The number of amides is 1. The first-order valence-corrected chi connectivity index (χ1v) is 10.1. The highest BCUT2D eigenvalue weighted by Gasteiger charge is 2.22. The number of carbonyl (C=O) groups excluding carboxylic acids is 1. The Morgan fingerprint density at radius 2 is 1.62 bits per heavy atom. The second-order valence-electron chi connectivity index (χ2n) is 8.50.